The van der Waals surface area contributed by atoms with Crippen LogP contribution in [0.2, 0.25) is 0 Å². The van der Waals surface area contributed by atoms with Crippen LogP contribution in [0, 0.1) is 5.41 Å². The topological polar surface area (TPSA) is 72.7 Å². The van der Waals surface area contributed by atoms with Gasteiger partial charge in [0.2, 0.25) is 5.95 Å². The van der Waals surface area contributed by atoms with Crippen molar-refractivity contribution in [3.8, 4) is 0 Å². The SMILES string of the molecule is CC1(C)CC(=O)C2=C(C1)Nc1nnnn1[C@H]2c1ccccc1. The van der Waals surface area contributed by atoms with Gasteiger partial charge in [-0.3, -0.25) is 4.79 Å². The quantitative estimate of drug-likeness (QED) is 0.874. The smallest absolute Gasteiger partial charge is 0.248 e. The molecule has 112 valence electrons. The standard InChI is InChI=1S/C16H17N5O/c1-16(2)8-11-13(12(22)9-16)14(10-6-4-3-5-7-10)21-15(17-11)18-19-20-21/h3-7,14H,8-9H2,1-2H3,(H,17,18,20)/t14-/m0/s1. The van der Waals surface area contributed by atoms with Crippen LogP contribution in [-0.2, 0) is 4.79 Å². The molecule has 1 N–H and O–H groups in total. The van der Waals surface area contributed by atoms with Gasteiger partial charge >= 0.3 is 0 Å². The van der Waals surface area contributed by atoms with Gasteiger partial charge in [-0.05, 0) is 27.8 Å². The van der Waals surface area contributed by atoms with E-state index in [4.69, 9.17) is 0 Å². The van der Waals surface area contributed by atoms with Gasteiger partial charge in [0, 0.05) is 17.7 Å². The van der Waals surface area contributed by atoms with Crippen molar-refractivity contribution in [2.75, 3.05) is 5.32 Å². The average Bonchev–Trinajstić information content (AvgIpc) is 2.92. The number of hydrogen-bond donors (Lipinski definition) is 1. The van der Waals surface area contributed by atoms with Gasteiger partial charge in [0.1, 0.15) is 6.04 Å². The third-order valence-corrected chi connectivity index (χ3v) is 4.31. The minimum Gasteiger partial charge on any atom is -0.326 e. The molecule has 22 heavy (non-hydrogen) atoms. The summed E-state index contributed by atoms with van der Waals surface area (Å²) < 4.78 is 1.70. The van der Waals surface area contributed by atoms with E-state index in [1.807, 2.05) is 30.3 Å². The summed E-state index contributed by atoms with van der Waals surface area (Å²) >= 11 is 0. The predicted octanol–water partition coefficient (Wildman–Crippen LogP) is 2.33. The van der Waals surface area contributed by atoms with Crippen molar-refractivity contribution in [1.29, 1.82) is 0 Å². The molecule has 1 atom stereocenters. The molecule has 0 unspecified atom stereocenters. The van der Waals surface area contributed by atoms with Crippen molar-refractivity contribution < 1.29 is 4.79 Å². The zero-order valence-corrected chi connectivity index (χ0v) is 12.6. The second-order valence-electron chi connectivity index (χ2n) is 6.72. The Morgan fingerprint density at radius 1 is 1.23 bits per heavy atom. The second-order valence-corrected chi connectivity index (χ2v) is 6.72. The number of nitrogens with zero attached hydrogens (tertiary/aromatic N) is 4. The van der Waals surface area contributed by atoms with Gasteiger partial charge in [0.05, 0.1) is 0 Å². The van der Waals surface area contributed by atoms with Gasteiger partial charge in [-0.25, -0.2) is 0 Å². The number of hydrogen-bond acceptors (Lipinski definition) is 5. The van der Waals surface area contributed by atoms with E-state index in [9.17, 15) is 4.79 Å². The summed E-state index contributed by atoms with van der Waals surface area (Å²) in [6.45, 7) is 4.23. The van der Waals surface area contributed by atoms with Crippen LogP contribution in [0.4, 0.5) is 5.95 Å². The molecule has 2 heterocycles. The first kappa shape index (κ1) is 13.2. The molecule has 0 saturated carbocycles. The number of fused-ring (bicyclic) bond motifs is 1. The van der Waals surface area contributed by atoms with Crippen molar-refractivity contribution in [3.63, 3.8) is 0 Å². The Hall–Kier alpha value is -2.50. The molecule has 2 aromatic rings. The van der Waals surface area contributed by atoms with Gasteiger partial charge in [0.15, 0.2) is 5.78 Å². The number of anilines is 1. The molecule has 0 fully saturated rings. The molecule has 1 aromatic heterocycles. The first-order valence-electron chi connectivity index (χ1n) is 7.41. The molecule has 6 nitrogen and oxygen atoms in total. The van der Waals surface area contributed by atoms with Crippen LogP contribution in [0.5, 0.6) is 0 Å². The normalized spacial score (nSPS) is 22.8. The van der Waals surface area contributed by atoms with E-state index in [1.54, 1.807) is 4.68 Å². The fraction of sp³-hybridized carbons (Fsp3) is 0.375. The maximum atomic E-state index is 12.8. The van der Waals surface area contributed by atoms with E-state index in [1.165, 1.54) is 0 Å². The van der Waals surface area contributed by atoms with Gasteiger partial charge in [-0.15, -0.1) is 0 Å². The fourth-order valence-corrected chi connectivity index (χ4v) is 3.41. The Morgan fingerprint density at radius 2 is 2.00 bits per heavy atom. The molecule has 1 aliphatic heterocycles. The first-order valence-corrected chi connectivity index (χ1v) is 7.41. The molecule has 0 bridgehead atoms. The second kappa shape index (κ2) is 4.50. The van der Waals surface area contributed by atoms with Gasteiger partial charge in [0.25, 0.3) is 0 Å². The number of Topliss-reactive ketones (excluding diaryl/α,β-unsaturated/α-hetero) is 1. The monoisotopic (exact) mass is 295 g/mol. The number of carbonyl (C=O) groups is 1. The molecule has 6 heteroatoms. The van der Waals surface area contributed by atoms with Crippen LogP contribution in [-0.4, -0.2) is 26.0 Å². The fourth-order valence-electron chi connectivity index (χ4n) is 3.41. The lowest BCUT2D eigenvalue weighted by atomic mass is 9.73. The van der Waals surface area contributed by atoms with Crippen molar-refractivity contribution >= 4 is 11.7 Å². The summed E-state index contributed by atoms with van der Waals surface area (Å²) in [7, 11) is 0. The highest BCUT2D eigenvalue weighted by molar-refractivity contribution is 6.00. The van der Waals surface area contributed by atoms with E-state index in [2.05, 4.69) is 34.7 Å². The number of tetrazole rings is 1. The lowest BCUT2D eigenvalue weighted by molar-refractivity contribution is -0.118. The molecular formula is C16H17N5O. The maximum absolute atomic E-state index is 12.8. The highest BCUT2D eigenvalue weighted by Gasteiger charge is 2.41. The van der Waals surface area contributed by atoms with Crippen LogP contribution in [0.15, 0.2) is 41.6 Å². The zero-order chi connectivity index (χ0) is 15.3. The molecule has 1 aromatic carbocycles. The summed E-state index contributed by atoms with van der Waals surface area (Å²) in [5.74, 6) is 0.770. The Balaban J connectivity index is 1.91. The first-order chi connectivity index (χ1) is 10.6. The molecule has 0 amide bonds. The minimum atomic E-state index is -0.244. The van der Waals surface area contributed by atoms with Crippen LogP contribution in [0.3, 0.4) is 0 Å². The Bertz CT molecular complexity index is 775. The minimum absolute atomic E-state index is 0.0419. The number of allylic oxidation sites excluding steroid dienone is 2. The molecule has 1 aliphatic carbocycles. The van der Waals surface area contributed by atoms with E-state index in [0.717, 1.165) is 23.3 Å². The highest BCUT2D eigenvalue weighted by Crippen LogP contribution is 2.44. The van der Waals surface area contributed by atoms with Crippen LogP contribution >= 0.6 is 0 Å². The molecule has 4 rings (SSSR count). The average molecular weight is 295 g/mol. The Morgan fingerprint density at radius 3 is 2.77 bits per heavy atom. The number of benzene rings is 1. The van der Waals surface area contributed by atoms with E-state index < -0.39 is 0 Å². The number of rotatable bonds is 1. The summed E-state index contributed by atoms with van der Waals surface area (Å²) in [6.07, 6.45) is 1.37. The highest BCUT2D eigenvalue weighted by atomic mass is 16.1. The number of ketones is 1. The lowest BCUT2D eigenvalue weighted by Crippen LogP contribution is -2.36. The molecule has 0 saturated heterocycles. The van der Waals surface area contributed by atoms with Crippen LogP contribution < -0.4 is 5.32 Å². The van der Waals surface area contributed by atoms with Crippen LogP contribution in [0.1, 0.15) is 38.3 Å². The van der Waals surface area contributed by atoms with E-state index in [0.29, 0.717) is 12.4 Å². The van der Waals surface area contributed by atoms with Gasteiger partial charge in [-0.2, -0.15) is 4.68 Å². The third-order valence-electron chi connectivity index (χ3n) is 4.31. The number of aromatic nitrogens is 4. The summed E-state index contributed by atoms with van der Waals surface area (Å²) in [4.78, 5) is 12.8. The largest absolute Gasteiger partial charge is 0.326 e. The Kier molecular flexibility index (Phi) is 2.69. The maximum Gasteiger partial charge on any atom is 0.248 e. The third kappa shape index (κ3) is 1.94. The van der Waals surface area contributed by atoms with Gasteiger partial charge in [-0.1, -0.05) is 49.3 Å². The van der Waals surface area contributed by atoms with Crippen molar-refractivity contribution in [3.05, 3.63) is 47.2 Å². The zero-order valence-electron chi connectivity index (χ0n) is 12.6. The van der Waals surface area contributed by atoms with Crippen molar-refractivity contribution in [1.82, 2.24) is 20.2 Å². The van der Waals surface area contributed by atoms with Gasteiger partial charge < -0.3 is 5.32 Å². The summed E-state index contributed by atoms with van der Waals surface area (Å²) in [6, 6.07) is 9.69. The molecule has 0 radical (unpaired) electrons. The lowest BCUT2D eigenvalue weighted by Gasteiger charge is -2.37. The summed E-state index contributed by atoms with van der Waals surface area (Å²) in [5, 5.41) is 15.1. The predicted molar refractivity (Wildman–Crippen MR) is 81.1 cm³/mol. The van der Waals surface area contributed by atoms with Crippen molar-refractivity contribution in [2.45, 2.75) is 32.7 Å². The molecule has 0 spiro atoms. The van der Waals surface area contributed by atoms with Crippen molar-refractivity contribution in [2.24, 2.45) is 5.41 Å². The van der Waals surface area contributed by atoms with Crippen LogP contribution in [0.25, 0.3) is 0 Å². The summed E-state index contributed by atoms with van der Waals surface area (Å²) in [5.41, 5.74) is 2.74. The molecular weight excluding hydrogens is 278 g/mol. The molecule has 2 aliphatic rings. The number of nitrogens with one attached hydrogen (secondary N) is 1. The van der Waals surface area contributed by atoms with E-state index >= 15 is 0 Å². The van der Waals surface area contributed by atoms with E-state index in [-0.39, 0.29) is 17.2 Å². The number of carbonyl (C=O) groups excluding carboxylic acids is 1. The Labute approximate surface area is 128 Å².